The molecule has 5 aromatic carbocycles. The number of aliphatic hydroxyl groups excluding tert-OH is 1. The highest BCUT2D eigenvalue weighted by Gasteiger charge is 2.38. The summed E-state index contributed by atoms with van der Waals surface area (Å²) < 4.78 is 23.9. The third-order valence-corrected chi connectivity index (χ3v) is 10.7. The van der Waals surface area contributed by atoms with Crippen LogP contribution in [0.25, 0.3) is 11.1 Å². The molecule has 1 fully saturated rings. The molecule has 0 radical (unpaired) electrons. The minimum absolute atomic E-state index is 0.0149. The molecule has 0 aliphatic carbocycles. The van der Waals surface area contributed by atoms with E-state index in [9.17, 15) is 14.7 Å². The predicted molar refractivity (Wildman–Crippen MR) is 210 cm³/mol. The molecule has 6 rings (SSSR count). The highest BCUT2D eigenvalue weighted by molar-refractivity contribution is 7.99. The normalized spacial score (nSPS) is 18.7. The molecule has 0 aromatic heterocycles. The van der Waals surface area contributed by atoms with Crippen LogP contribution in [0.1, 0.15) is 47.1 Å². The van der Waals surface area contributed by atoms with E-state index in [4.69, 9.17) is 18.9 Å². The first-order valence-corrected chi connectivity index (χ1v) is 19.0. The van der Waals surface area contributed by atoms with Crippen LogP contribution in [0.3, 0.4) is 0 Å². The second-order valence-corrected chi connectivity index (χ2v) is 14.3. The summed E-state index contributed by atoms with van der Waals surface area (Å²) in [7, 11) is 2.99. The molecule has 0 bridgehead atoms. The Balaban J connectivity index is 1.13. The summed E-state index contributed by atoms with van der Waals surface area (Å²) in [5.41, 5.74) is 6.60. The molecule has 2 amide bonds. The van der Waals surface area contributed by atoms with E-state index in [1.165, 1.54) is 7.11 Å². The topological polar surface area (TPSA) is 115 Å². The van der Waals surface area contributed by atoms with Gasteiger partial charge in [-0.15, -0.1) is 11.8 Å². The Morgan fingerprint density at radius 1 is 0.778 bits per heavy atom. The van der Waals surface area contributed by atoms with Crippen LogP contribution < -0.4 is 15.4 Å². The predicted octanol–water partition coefficient (Wildman–Crippen LogP) is 8.02. The fourth-order valence-electron chi connectivity index (χ4n) is 6.49. The van der Waals surface area contributed by atoms with Crippen molar-refractivity contribution in [3.05, 3.63) is 155 Å². The quantitative estimate of drug-likeness (QED) is 0.0774. The van der Waals surface area contributed by atoms with Crippen molar-refractivity contribution < 1.29 is 33.6 Å². The Labute approximate surface area is 321 Å². The first-order valence-electron chi connectivity index (χ1n) is 18.0. The number of hydrogen-bond acceptors (Lipinski definition) is 8. The summed E-state index contributed by atoms with van der Waals surface area (Å²) in [5, 5.41) is 15.2. The summed E-state index contributed by atoms with van der Waals surface area (Å²) in [4.78, 5) is 26.3. The van der Waals surface area contributed by atoms with Crippen LogP contribution >= 0.6 is 11.8 Å². The molecule has 1 aliphatic rings. The molecule has 5 atom stereocenters. The van der Waals surface area contributed by atoms with Crippen molar-refractivity contribution in [1.29, 1.82) is 0 Å². The van der Waals surface area contributed by atoms with E-state index >= 15 is 0 Å². The molecule has 0 saturated carbocycles. The van der Waals surface area contributed by atoms with Crippen LogP contribution in [0, 0.1) is 5.92 Å². The van der Waals surface area contributed by atoms with Crippen molar-refractivity contribution in [1.82, 2.24) is 10.6 Å². The van der Waals surface area contributed by atoms with Crippen LogP contribution in [-0.4, -0.2) is 49.2 Å². The lowest BCUT2D eigenvalue weighted by Crippen LogP contribution is -2.47. The number of benzene rings is 5. The minimum atomic E-state index is -0.814. The van der Waals surface area contributed by atoms with Gasteiger partial charge < -0.3 is 34.7 Å². The zero-order valence-electron chi connectivity index (χ0n) is 30.6. The van der Waals surface area contributed by atoms with Crippen LogP contribution in [0.5, 0.6) is 5.75 Å². The third kappa shape index (κ3) is 9.89. The second-order valence-electron chi connectivity index (χ2n) is 13.2. The summed E-state index contributed by atoms with van der Waals surface area (Å²) in [5.74, 6) is 1.09. The number of aliphatic hydroxyl groups is 1. The molecule has 280 valence electrons. The van der Waals surface area contributed by atoms with Gasteiger partial charge in [0.05, 0.1) is 33.0 Å². The summed E-state index contributed by atoms with van der Waals surface area (Å²) in [6, 6.07) is 40.2. The molecular formula is C44H46N2O7S. The number of carbonyl (C=O) groups is 2. The van der Waals surface area contributed by atoms with Gasteiger partial charge in [0.25, 0.3) is 0 Å². The Bertz CT molecular complexity index is 1970. The fraction of sp³-hybridized carbons (Fsp3) is 0.273. The van der Waals surface area contributed by atoms with Gasteiger partial charge in [-0.1, -0.05) is 116 Å². The molecule has 1 aliphatic heterocycles. The summed E-state index contributed by atoms with van der Waals surface area (Å²) >= 11 is 1.70. The number of carbonyl (C=O) groups excluding carboxylic acids is 2. The van der Waals surface area contributed by atoms with Gasteiger partial charge in [-0.3, -0.25) is 0 Å². The van der Waals surface area contributed by atoms with E-state index in [1.807, 2.05) is 121 Å². The number of urea groups is 1. The molecule has 1 saturated heterocycles. The average Bonchev–Trinajstić information content (AvgIpc) is 3.22. The second kappa shape index (κ2) is 18.8. The Hall–Kier alpha value is -5.13. The third-order valence-electron chi connectivity index (χ3n) is 9.57. The highest BCUT2D eigenvalue weighted by atomic mass is 32.2. The van der Waals surface area contributed by atoms with Crippen molar-refractivity contribution in [2.45, 2.75) is 55.9 Å². The highest BCUT2D eigenvalue weighted by Crippen LogP contribution is 2.44. The van der Waals surface area contributed by atoms with Crippen LogP contribution in [0.2, 0.25) is 0 Å². The zero-order valence-corrected chi connectivity index (χ0v) is 31.5. The van der Waals surface area contributed by atoms with Gasteiger partial charge in [0.15, 0.2) is 6.29 Å². The molecule has 9 nitrogen and oxygen atoms in total. The van der Waals surface area contributed by atoms with Gasteiger partial charge >= 0.3 is 12.0 Å². The van der Waals surface area contributed by atoms with E-state index in [1.54, 1.807) is 18.9 Å². The maximum Gasteiger partial charge on any atom is 0.328 e. The summed E-state index contributed by atoms with van der Waals surface area (Å²) in [6.45, 7) is 2.41. The smallest absolute Gasteiger partial charge is 0.328 e. The van der Waals surface area contributed by atoms with Crippen molar-refractivity contribution in [2.24, 2.45) is 5.92 Å². The number of methoxy groups -OCH3 is 2. The van der Waals surface area contributed by atoms with Gasteiger partial charge in [0.1, 0.15) is 11.8 Å². The largest absolute Gasteiger partial charge is 0.496 e. The van der Waals surface area contributed by atoms with Crippen LogP contribution in [0.4, 0.5) is 4.79 Å². The fourth-order valence-corrected chi connectivity index (χ4v) is 7.68. The number of nitrogens with one attached hydrogen (secondary N) is 2. The van der Waals surface area contributed by atoms with Crippen molar-refractivity contribution in [3.63, 3.8) is 0 Å². The standard InChI is InChI=1S/C44H46N2O7S/c1-29-39(28-54-40-15-8-7-14-38(40)50-2)52-43(53-41(29)34-18-16-31(27-47)17-19-34)35-22-20-33(21-23-35)36-13-9-12-32(24-36)26-45-44(49)46-37(42(48)51-3)25-30-10-5-4-6-11-30/h4-24,29,37,39,41,43,47H,25-28H2,1-3H3,(H2,45,46,49)/t29-,37+,39+,41+,43+/m1/s1. The zero-order chi connectivity index (χ0) is 37.9. The summed E-state index contributed by atoms with van der Waals surface area (Å²) in [6.07, 6.45) is -0.611. The lowest BCUT2D eigenvalue weighted by Gasteiger charge is -2.41. The number of amides is 2. The molecule has 10 heteroatoms. The molecular weight excluding hydrogens is 701 g/mol. The number of rotatable bonds is 14. The number of thioether (sulfide) groups is 1. The first-order chi connectivity index (χ1) is 26.3. The van der Waals surface area contributed by atoms with E-state index in [0.29, 0.717) is 12.2 Å². The molecule has 5 aromatic rings. The maximum absolute atomic E-state index is 12.8. The molecule has 0 unspecified atom stereocenters. The monoisotopic (exact) mass is 746 g/mol. The van der Waals surface area contributed by atoms with Crippen molar-refractivity contribution in [3.8, 4) is 16.9 Å². The van der Waals surface area contributed by atoms with Crippen molar-refractivity contribution in [2.75, 3.05) is 20.0 Å². The van der Waals surface area contributed by atoms with Gasteiger partial charge in [-0.25, -0.2) is 9.59 Å². The first kappa shape index (κ1) is 38.6. The Morgan fingerprint density at radius 3 is 2.20 bits per heavy atom. The van der Waals surface area contributed by atoms with Gasteiger partial charge in [0.2, 0.25) is 0 Å². The molecule has 1 heterocycles. The number of ether oxygens (including phenoxy) is 4. The van der Waals surface area contributed by atoms with Crippen LogP contribution in [0.15, 0.2) is 132 Å². The molecule has 0 spiro atoms. The average molecular weight is 747 g/mol. The van der Waals surface area contributed by atoms with E-state index < -0.39 is 24.3 Å². The van der Waals surface area contributed by atoms with Crippen molar-refractivity contribution >= 4 is 23.8 Å². The van der Waals surface area contributed by atoms with Crippen LogP contribution in [-0.2, 0) is 38.6 Å². The van der Waals surface area contributed by atoms with Gasteiger partial charge in [0, 0.05) is 35.1 Å². The lowest BCUT2D eigenvalue weighted by molar-refractivity contribution is -0.268. The van der Waals surface area contributed by atoms with E-state index in [2.05, 4.69) is 23.6 Å². The number of hydrogen-bond donors (Lipinski definition) is 3. The minimum Gasteiger partial charge on any atom is -0.496 e. The SMILES string of the molecule is COC(=O)[C@H](Cc1ccccc1)NC(=O)NCc1cccc(-c2ccc([C@H]3O[C@@H](CSc4ccccc4OC)[C@@H](C)[C@@H](c4ccc(CO)cc4)O3)cc2)c1. The Morgan fingerprint density at radius 2 is 1.48 bits per heavy atom. The van der Waals surface area contributed by atoms with E-state index in [0.717, 1.165) is 49.6 Å². The molecule has 3 N–H and O–H groups in total. The Kier molecular flexibility index (Phi) is 13.4. The van der Waals surface area contributed by atoms with Gasteiger partial charge in [-0.05, 0) is 51.6 Å². The lowest BCUT2D eigenvalue weighted by atomic mass is 9.91. The van der Waals surface area contributed by atoms with Gasteiger partial charge in [-0.2, -0.15) is 0 Å². The number of para-hydroxylation sites is 1. The molecule has 54 heavy (non-hydrogen) atoms. The maximum atomic E-state index is 12.8. The van der Waals surface area contributed by atoms with E-state index in [-0.39, 0.29) is 31.3 Å². The number of esters is 1.